The fraction of sp³-hybridized carbons (Fsp3) is 0.174. The largest absolute Gasteiger partial charge is 0.435 e. The van der Waals surface area contributed by atoms with Gasteiger partial charge < -0.3 is 14.2 Å². The first-order chi connectivity index (χ1) is 16.1. The second-order valence-corrected chi connectivity index (χ2v) is 9.96. The minimum Gasteiger partial charge on any atom is -0.435 e. The molecule has 3 N–H and O–H groups in total. The van der Waals surface area contributed by atoms with Gasteiger partial charge in [0, 0.05) is 22.7 Å². The normalized spacial score (nSPS) is 17.9. The number of hydrogen-bond acceptors (Lipinski definition) is 5. The maximum Gasteiger partial charge on any atom is 0.387 e. The highest BCUT2D eigenvalue weighted by Gasteiger charge is 2.37. The lowest BCUT2D eigenvalue weighted by atomic mass is 9.95. The number of pyridine rings is 1. The Hall–Kier alpha value is -3.05. The highest BCUT2D eigenvalue weighted by Crippen LogP contribution is 2.47. The summed E-state index contributed by atoms with van der Waals surface area (Å²) in [4.78, 5) is 4.54. The van der Waals surface area contributed by atoms with Crippen LogP contribution in [0.4, 0.5) is 8.78 Å². The van der Waals surface area contributed by atoms with Gasteiger partial charge >= 0.3 is 6.61 Å². The maximum atomic E-state index is 13.0. The maximum absolute atomic E-state index is 13.0. The number of imidazole rings is 1. The van der Waals surface area contributed by atoms with Crippen molar-refractivity contribution in [2.45, 2.75) is 29.9 Å². The van der Waals surface area contributed by atoms with E-state index in [4.69, 9.17) is 21.5 Å². The van der Waals surface area contributed by atoms with E-state index in [1.54, 1.807) is 34.9 Å². The Labute approximate surface area is 198 Å². The lowest BCUT2D eigenvalue weighted by Crippen LogP contribution is -2.11. The Bertz CT molecular complexity index is 1510. The number of rotatable bonds is 5. The first kappa shape index (κ1) is 22.7. The van der Waals surface area contributed by atoms with Crippen molar-refractivity contribution in [2.24, 2.45) is 5.14 Å². The van der Waals surface area contributed by atoms with Gasteiger partial charge in [-0.3, -0.25) is 0 Å². The number of primary sulfonamides is 1. The van der Waals surface area contributed by atoms with E-state index in [1.165, 1.54) is 24.3 Å². The lowest BCUT2D eigenvalue weighted by molar-refractivity contribution is -0.0506. The van der Waals surface area contributed by atoms with Crippen LogP contribution in [-0.2, 0) is 10.0 Å². The van der Waals surface area contributed by atoms with Crippen molar-refractivity contribution >= 4 is 27.3 Å². The van der Waals surface area contributed by atoms with E-state index in [9.17, 15) is 22.3 Å². The van der Waals surface area contributed by atoms with Crippen molar-refractivity contribution in [2.75, 3.05) is 0 Å². The molecule has 34 heavy (non-hydrogen) atoms. The second-order valence-electron chi connectivity index (χ2n) is 7.96. The predicted molar refractivity (Wildman–Crippen MR) is 122 cm³/mol. The third-order valence-corrected chi connectivity index (χ3v) is 7.03. The zero-order valence-electron chi connectivity index (χ0n) is 17.4. The van der Waals surface area contributed by atoms with Crippen LogP contribution in [0.3, 0.4) is 0 Å². The molecule has 2 aromatic carbocycles. The van der Waals surface area contributed by atoms with Crippen molar-refractivity contribution in [1.82, 2.24) is 9.38 Å². The number of aliphatic hydroxyl groups is 1. The summed E-state index contributed by atoms with van der Waals surface area (Å²) < 4.78 is 55.7. The molecule has 0 saturated heterocycles. The number of benzene rings is 2. The van der Waals surface area contributed by atoms with Crippen LogP contribution in [0.5, 0.6) is 5.75 Å². The molecule has 4 aromatic rings. The van der Waals surface area contributed by atoms with Crippen molar-refractivity contribution in [3.8, 4) is 16.9 Å². The van der Waals surface area contributed by atoms with E-state index >= 15 is 0 Å². The predicted octanol–water partition coefficient (Wildman–Crippen LogP) is 4.47. The molecule has 7 nitrogen and oxygen atoms in total. The molecule has 0 aliphatic heterocycles. The summed E-state index contributed by atoms with van der Waals surface area (Å²) >= 11 is 6.16. The minimum atomic E-state index is -3.81. The molecule has 11 heteroatoms. The zero-order valence-corrected chi connectivity index (χ0v) is 19.0. The van der Waals surface area contributed by atoms with Crippen molar-refractivity contribution in [3.63, 3.8) is 0 Å². The Morgan fingerprint density at radius 2 is 1.82 bits per heavy atom. The number of halogens is 3. The van der Waals surface area contributed by atoms with Crippen LogP contribution in [0.1, 0.15) is 35.4 Å². The molecule has 2 heterocycles. The van der Waals surface area contributed by atoms with E-state index in [2.05, 4.69) is 4.98 Å². The van der Waals surface area contributed by atoms with Crippen LogP contribution < -0.4 is 9.88 Å². The molecule has 176 valence electrons. The number of fused-ring (bicyclic) bond motifs is 3. The summed E-state index contributed by atoms with van der Waals surface area (Å²) in [5.41, 5.74) is 3.58. The van der Waals surface area contributed by atoms with E-state index < -0.39 is 28.7 Å². The van der Waals surface area contributed by atoms with Gasteiger partial charge in [0.25, 0.3) is 0 Å². The average Bonchev–Trinajstić information content (AvgIpc) is 3.31. The molecule has 2 unspecified atom stereocenters. The molecule has 2 atom stereocenters. The number of hydrogen-bond donors (Lipinski definition) is 2. The van der Waals surface area contributed by atoms with Crippen LogP contribution in [0.2, 0.25) is 5.02 Å². The first-order valence-electron chi connectivity index (χ1n) is 10.2. The molecule has 1 aliphatic carbocycles. The fourth-order valence-electron chi connectivity index (χ4n) is 4.40. The van der Waals surface area contributed by atoms with Crippen LogP contribution in [0, 0.1) is 0 Å². The number of nitrogens with two attached hydrogens (primary N) is 1. The summed E-state index contributed by atoms with van der Waals surface area (Å²) in [5.74, 6) is -0.512. The van der Waals surface area contributed by atoms with Crippen LogP contribution in [-0.4, -0.2) is 29.5 Å². The van der Waals surface area contributed by atoms with Gasteiger partial charge in [0.1, 0.15) is 11.4 Å². The third-order valence-electron chi connectivity index (χ3n) is 5.87. The molecule has 0 amide bonds. The SMILES string of the molecule is NS(=O)(=O)c1ccc(-c2ccc3nc4c(n3c2)C(c2cc(Cl)ccc2OC(F)F)CC4O)cc1. The smallest absolute Gasteiger partial charge is 0.387 e. The number of aliphatic hydroxyl groups excluding tert-OH is 1. The molecular formula is C23H18ClF2N3O4S. The van der Waals surface area contributed by atoms with Gasteiger partial charge in [0.05, 0.1) is 22.4 Å². The molecule has 2 aromatic heterocycles. The van der Waals surface area contributed by atoms with Gasteiger partial charge in [-0.05, 0) is 60.0 Å². The first-order valence-corrected chi connectivity index (χ1v) is 12.1. The van der Waals surface area contributed by atoms with E-state index in [1.807, 2.05) is 6.07 Å². The molecule has 0 bridgehead atoms. The molecule has 5 rings (SSSR count). The van der Waals surface area contributed by atoms with Gasteiger partial charge in [0.15, 0.2) is 0 Å². The highest BCUT2D eigenvalue weighted by atomic mass is 35.5. The van der Waals surface area contributed by atoms with Gasteiger partial charge in [-0.15, -0.1) is 0 Å². The van der Waals surface area contributed by atoms with Gasteiger partial charge in [-0.1, -0.05) is 23.7 Å². The Morgan fingerprint density at radius 3 is 2.50 bits per heavy atom. The minimum absolute atomic E-state index is 0.00319. The van der Waals surface area contributed by atoms with E-state index in [0.29, 0.717) is 27.6 Å². The van der Waals surface area contributed by atoms with Gasteiger partial charge in [-0.2, -0.15) is 8.78 Å². The summed E-state index contributed by atoms with van der Waals surface area (Å²) in [5, 5.41) is 16.2. The van der Waals surface area contributed by atoms with Gasteiger partial charge in [0.2, 0.25) is 10.0 Å². The number of nitrogens with zero attached hydrogens (tertiary/aromatic N) is 2. The number of alkyl halides is 2. The molecule has 1 aliphatic rings. The summed E-state index contributed by atoms with van der Waals surface area (Å²) in [6.45, 7) is -3.01. The Kier molecular flexibility index (Phi) is 5.56. The van der Waals surface area contributed by atoms with Crippen LogP contribution in [0.15, 0.2) is 65.7 Å². The van der Waals surface area contributed by atoms with Crippen molar-refractivity contribution in [1.29, 1.82) is 0 Å². The molecule has 0 saturated carbocycles. The monoisotopic (exact) mass is 505 g/mol. The van der Waals surface area contributed by atoms with Gasteiger partial charge in [-0.25, -0.2) is 18.5 Å². The summed E-state index contributed by atoms with van der Waals surface area (Å²) in [6, 6.07) is 14.1. The third kappa shape index (κ3) is 4.03. The van der Waals surface area contributed by atoms with E-state index in [-0.39, 0.29) is 17.1 Å². The average molecular weight is 506 g/mol. The summed E-state index contributed by atoms with van der Waals surface area (Å²) in [7, 11) is -3.81. The zero-order chi connectivity index (χ0) is 24.2. The Balaban J connectivity index is 1.63. The molecule has 0 spiro atoms. The van der Waals surface area contributed by atoms with Crippen LogP contribution >= 0.6 is 11.6 Å². The second kappa shape index (κ2) is 8.31. The highest BCUT2D eigenvalue weighted by molar-refractivity contribution is 7.89. The topological polar surface area (TPSA) is 107 Å². The molecule has 0 radical (unpaired) electrons. The standard InChI is InChI=1S/C23H18ClF2N3O4S/c24-14-4-7-19(33-23(25)26)16(9-14)17-10-18(30)21-22(17)29-11-13(3-8-20(29)28-21)12-1-5-15(6-2-12)34(27,31)32/h1-9,11,17-18,23,30H,10H2,(H2,27,31,32). The van der Waals surface area contributed by atoms with Crippen LogP contribution in [0.25, 0.3) is 16.8 Å². The fourth-order valence-corrected chi connectivity index (χ4v) is 5.09. The quantitative estimate of drug-likeness (QED) is 0.416. The number of sulfonamides is 1. The lowest BCUT2D eigenvalue weighted by Gasteiger charge is -2.18. The Morgan fingerprint density at radius 1 is 1.12 bits per heavy atom. The molecular weight excluding hydrogens is 488 g/mol. The summed E-state index contributed by atoms with van der Waals surface area (Å²) in [6.07, 6.45) is 1.14. The molecule has 0 fully saturated rings. The van der Waals surface area contributed by atoms with E-state index in [0.717, 1.165) is 11.1 Å². The van der Waals surface area contributed by atoms with Crippen molar-refractivity contribution < 1.29 is 27.0 Å². The number of aromatic nitrogens is 2. The van der Waals surface area contributed by atoms with Crippen molar-refractivity contribution in [3.05, 3.63) is 82.8 Å². The number of ether oxygens (including phenoxy) is 1.